The molecule has 2 N–H and O–H groups in total. The highest BCUT2D eigenvalue weighted by atomic mass is 32.1. The Kier molecular flexibility index (Phi) is 6.05. The van der Waals surface area contributed by atoms with Gasteiger partial charge in [0, 0.05) is 19.3 Å². The van der Waals surface area contributed by atoms with Gasteiger partial charge in [-0.25, -0.2) is 0 Å². The maximum absolute atomic E-state index is 5.75. The van der Waals surface area contributed by atoms with Crippen molar-refractivity contribution in [3.05, 3.63) is 24.0 Å². The van der Waals surface area contributed by atoms with Crippen molar-refractivity contribution in [1.29, 1.82) is 0 Å². The van der Waals surface area contributed by atoms with Gasteiger partial charge in [0.2, 0.25) is 0 Å². The monoisotopic (exact) mass is 265 g/mol. The van der Waals surface area contributed by atoms with Crippen molar-refractivity contribution in [3.8, 4) is 0 Å². The van der Waals surface area contributed by atoms with E-state index in [4.69, 9.17) is 18.0 Å². The molecule has 1 aromatic heterocycles. The summed E-state index contributed by atoms with van der Waals surface area (Å²) < 4.78 is 0. The van der Waals surface area contributed by atoms with Gasteiger partial charge in [-0.05, 0) is 25.0 Å². The minimum Gasteiger partial charge on any atom is -0.388 e. The van der Waals surface area contributed by atoms with Crippen molar-refractivity contribution >= 4 is 22.9 Å². The average Bonchev–Trinajstić information content (AvgIpc) is 2.40. The van der Waals surface area contributed by atoms with Gasteiger partial charge in [0.1, 0.15) is 10.7 Å². The molecule has 0 atom stereocenters. The summed E-state index contributed by atoms with van der Waals surface area (Å²) in [6, 6.07) is 3.99. The molecule has 0 radical (unpaired) electrons. The molecule has 4 heteroatoms. The smallest absolute Gasteiger partial charge is 0.124 e. The van der Waals surface area contributed by atoms with E-state index in [1.165, 1.54) is 12.8 Å². The largest absolute Gasteiger partial charge is 0.388 e. The lowest BCUT2D eigenvalue weighted by Gasteiger charge is -2.28. The molecule has 0 aliphatic heterocycles. The summed E-state index contributed by atoms with van der Waals surface area (Å²) in [6.45, 7) is 8.60. The summed E-state index contributed by atoms with van der Waals surface area (Å²) in [6.07, 6.45) is 4.12. The molecule has 0 fully saturated rings. The summed E-state index contributed by atoms with van der Waals surface area (Å²) in [5, 5.41) is 0. The minimum atomic E-state index is 0.369. The van der Waals surface area contributed by atoms with E-state index in [0.717, 1.165) is 24.5 Å². The number of hydrogen-bond donors (Lipinski definition) is 1. The Morgan fingerprint density at radius 1 is 1.39 bits per heavy atom. The molecule has 0 unspecified atom stereocenters. The summed E-state index contributed by atoms with van der Waals surface area (Å²) in [4.78, 5) is 6.99. The molecule has 0 aromatic carbocycles. The molecular formula is C14H23N3S. The van der Waals surface area contributed by atoms with Crippen molar-refractivity contribution in [2.45, 2.75) is 33.6 Å². The second-order valence-electron chi connectivity index (χ2n) is 4.46. The van der Waals surface area contributed by atoms with Crippen LogP contribution in [0.5, 0.6) is 0 Å². The fourth-order valence-electron chi connectivity index (χ4n) is 2.10. The predicted molar refractivity (Wildman–Crippen MR) is 82.1 cm³/mol. The first-order valence-electron chi connectivity index (χ1n) is 6.63. The lowest BCUT2D eigenvalue weighted by atomic mass is 10.0. The number of nitrogens with zero attached hydrogens (tertiary/aromatic N) is 2. The van der Waals surface area contributed by atoms with Crippen LogP contribution in [-0.4, -0.2) is 23.1 Å². The van der Waals surface area contributed by atoms with E-state index in [9.17, 15) is 0 Å². The van der Waals surface area contributed by atoms with Gasteiger partial charge >= 0.3 is 0 Å². The standard InChI is InChI=1S/C14H23N3S/c1-4-11(5-2)10-17(6-3)12-8-7-9-16-13(12)14(15)18/h7-9,11H,4-6,10H2,1-3H3,(H2,15,18). The zero-order valence-electron chi connectivity index (χ0n) is 11.5. The fourth-order valence-corrected chi connectivity index (χ4v) is 2.26. The van der Waals surface area contributed by atoms with Crippen molar-refractivity contribution < 1.29 is 0 Å². The summed E-state index contributed by atoms with van der Waals surface area (Å²) in [7, 11) is 0. The number of aromatic nitrogens is 1. The van der Waals surface area contributed by atoms with Crippen LogP contribution >= 0.6 is 12.2 Å². The highest BCUT2D eigenvalue weighted by molar-refractivity contribution is 7.80. The Labute approximate surface area is 115 Å². The van der Waals surface area contributed by atoms with Crippen LogP contribution < -0.4 is 10.6 Å². The van der Waals surface area contributed by atoms with Gasteiger partial charge in [0.25, 0.3) is 0 Å². The zero-order chi connectivity index (χ0) is 13.5. The Morgan fingerprint density at radius 2 is 2.06 bits per heavy atom. The van der Waals surface area contributed by atoms with Gasteiger partial charge in [-0.2, -0.15) is 0 Å². The van der Waals surface area contributed by atoms with Crippen LogP contribution in [0.15, 0.2) is 18.3 Å². The molecule has 1 heterocycles. The van der Waals surface area contributed by atoms with Gasteiger partial charge in [0.15, 0.2) is 0 Å². The molecular weight excluding hydrogens is 242 g/mol. The van der Waals surface area contributed by atoms with Crippen molar-refractivity contribution in [3.63, 3.8) is 0 Å². The predicted octanol–water partition coefficient (Wildman–Crippen LogP) is 2.98. The van der Waals surface area contributed by atoms with Crippen LogP contribution in [0.1, 0.15) is 39.3 Å². The third-order valence-electron chi connectivity index (χ3n) is 3.38. The zero-order valence-corrected chi connectivity index (χ0v) is 12.3. The van der Waals surface area contributed by atoms with E-state index in [1.807, 2.05) is 12.1 Å². The molecule has 1 aromatic rings. The summed E-state index contributed by atoms with van der Waals surface area (Å²) >= 11 is 5.08. The molecule has 1 rings (SSSR count). The molecule has 100 valence electrons. The molecule has 0 saturated carbocycles. The third kappa shape index (κ3) is 3.67. The van der Waals surface area contributed by atoms with E-state index >= 15 is 0 Å². The fraction of sp³-hybridized carbons (Fsp3) is 0.571. The van der Waals surface area contributed by atoms with E-state index in [-0.39, 0.29) is 0 Å². The van der Waals surface area contributed by atoms with Crippen LogP contribution in [0.2, 0.25) is 0 Å². The minimum absolute atomic E-state index is 0.369. The van der Waals surface area contributed by atoms with Gasteiger partial charge in [-0.1, -0.05) is 38.9 Å². The van der Waals surface area contributed by atoms with Crippen LogP contribution in [0, 0.1) is 5.92 Å². The molecule has 0 aliphatic carbocycles. The Morgan fingerprint density at radius 3 is 2.56 bits per heavy atom. The van der Waals surface area contributed by atoms with E-state index in [2.05, 4.69) is 30.7 Å². The molecule has 0 bridgehead atoms. The maximum Gasteiger partial charge on any atom is 0.124 e. The quantitative estimate of drug-likeness (QED) is 0.770. The van der Waals surface area contributed by atoms with Gasteiger partial charge in [0.05, 0.1) is 5.69 Å². The van der Waals surface area contributed by atoms with E-state index in [0.29, 0.717) is 10.9 Å². The third-order valence-corrected chi connectivity index (χ3v) is 3.57. The first kappa shape index (κ1) is 14.9. The lowest BCUT2D eigenvalue weighted by molar-refractivity contribution is 0.486. The van der Waals surface area contributed by atoms with Crippen LogP contribution in [0.4, 0.5) is 5.69 Å². The normalized spacial score (nSPS) is 10.7. The number of thiocarbonyl (C=S) groups is 1. The maximum atomic E-state index is 5.75. The highest BCUT2D eigenvalue weighted by Crippen LogP contribution is 2.21. The van der Waals surface area contributed by atoms with Gasteiger partial charge < -0.3 is 10.6 Å². The van der Waals surface area contributed by atoms with Crippen molar-refractivity contribution in [2.75, 3.05) is 18.0 Å². The Hall–Kier alpha value is -1.16. The number of pyridine rings is 1. The average molecular weight is 265 g/mol. The Bertz CT molecular complexity index is 388. The molecule has 18 heavy (non-hydrogen) atoms. The van der Waals surface area contributed by atoms with E-state index < -0.39 is 0 Å². The molecule has 0 spiro atoms. The number of anilines is 1. The van der Waals surface area contributed by atoms with E-state index in [1.54, 1.807) is 6.20 Å². The Balaban J connectivity index is 2.97. The number of rotatable bonds is 7. The van der Waals surface area contributed by atoms with Crippen molar-refractivity contribution in [1.82, 2.24) is 4.98 Å². The van der Waals surface area contributed by atoms with Gasteiger partial charge in [-0.3, -0.25) is 4.98 Å². The topological polar surface area (TPSA) is 42.2 Å². The van der Waals surface area contributed by atoms with Gasteiger partial charge in [-0.15, -0.1) is 0 Å². The van der Waals surface area contributed by atoms with Crippen LogP contribution in [0.3, 0.4) is 0 Å². The molecule has 0 amide bonds. The van der Waals surface area contributed by atoms with Crippen LogP contribution in [-0.2, 0) is 0 Å². The number of nitrogens with two attached hydrogens (primary N) is 1. The highest BCUT2D eigenvalue weighted by Gasteiger charge is 2.15. The first-order chi connectivity index (χ1) is 8.63. The molecule has 3 nitrogen and oxygen atoms in total. The number of hydrogen-bond acceptors (Lipinski definition) is 3. The van der Waals surface area contributed by atoms with Crippen LogP contribution in [0.25, 0.3) is 0 Å². The summed E-state index contributed by atoms with van der Waals surface area (Å²) in [5.41, 5.74) is 7.54. The second kappa shape index (κ2) is 7.31. The molecule has 0 aliphatic rings. The first-order valence-corrected chi connectivity index (χ1v) is 7.04. The summed E-state index contributed by atoms with van der Waals surface area (Å²) in [5.74, 6) is 0.698. The van der Waals surface area contributed by atoms with Crippen molar-refractivity contribution in [2.24, 2.45) is 11.7 Å². The lowest BCUT2D eigenvalue weighted by Crippen LogP contribution is -2.31. The molecule has 0 saturated heterocycles. The second-order valence-corrected chi connectivity index (χ2v) is 4.90. The SMILES string of the molecule is CCC(CC)CN(CC)c1cccnc1C(N)=S.